The molecular weight excluding hydrogens is 400 g/mol. The molecule has 0 spiro atoms. The first-order valence-corrected chi connectivity index (χ1v) is 10.1. The van der Waals surface area contributed by atoms with Crippen molar-refractivity contribution in [2.75, 3.05) is 11.1 Å². The van der Waals surface area contributed by atoms with E-state index in [0.29, 0.717) is 15.9 Å². The quantitative estimate of drug-likeness (QED) is 0.503. The lowest BCUT2D eigenvalue weighted by Crippen LogP contribution is -2.37. The zero-order chi connectivity index (χ0) is 20.0. The molecule has 0 bridgehead atoms. The Morgan fingerprint density at radius 2 is 1.86 bits per heavy atom. The van der Waals surface area contributed by atoms with Crippen LogP contribution in [-0.4, -0.2) is 35.3 Å². The van der Waals surface area contributed by atoms with Gasteiger partial charge in [-0.2, -0.15) is 0 Å². The molecule has 3 heterocycles. The third-order valence-corrected chi connectivity index (χ3v) is 6.28. The molecular formula is C17H16N6O3S2. The number of nitrogens with zero attached hydrogens (tertiary/aromatic N) is 5. The first-order chi connectivity index (χ1) is 13.4. The zero-order valence-electron chi connectivity index (χ0n) is 15.3. The van der Waals surface area contributed by atoms with Gasteiger partial charge in [0, 0.05) is 21.1 Å². The Kier molecular flexibility index (Phi) is 4.55. The van der Waals surface area contributed by atoms with Gasteiger partial charge in [-0.1, -0.05) is 35.2 Å². The summed E-state index contributed by atoms with van der Waals surface area (Å²) >= 11 is 2.60. The third kappa shape index (κ3) is 3.02. The highest BCUT2D eigenvalue weighted by Crippen LogP contribution is 2.26. The van der Waals surface area contributed by atoms with Gasteiger partial charge >= 0.3 is 5.69 Å². The highest BCUT2D eigenvalue weighted by atomic mass is 32.2. The molecule has 144 valence electrons. The molecule has 1 N–H and O–H groups in total. The zero-order valence-corrected chi connectivity index (χ0v) is 16.9. The lowest BCUT2D eigenvalue weighted by atomic mass is 10.3. The van der Waals surface area contributed by atoms with Crippen molar-refractivity contribution in [3.63, 3.8) is 0 Å². The minimum absolute atomic E-state index is 0.0986. The summed E-state index contributed by atoms with van der Waals surface area (Å²) in [4.78, 5) is 45.4. The SMILES string of the molecule is Cn1c(=O)c2nc(SCC(=O)Nc3nc4ccccc4s3)n(C)c2n(C)c1=O. The van der Waals surface area contributed by atoms with Crippen LogP contribution >= 0.6 is 23.1 Å². The number of hydrogen-bond acceptors (Lipinski definition) is 7. The molecule has 4 rings (SSSR count). The Morgan fingerprint density at radius 1 is 1.11 bits per heavy atom. The van der Waals surface area contributed by atoms with Gasteiger partial charge in [0.2, 0.25) is 5.91 Å². The molecule has 0 aliphatic heterocycles. The maximum atomic E-state index is 12.3. The predicted molar refractivity (Wildman–Crippen MR) is 110 cm³/mol. The second kappa shape index (κ2) is 6.91. The molecule has 11 heteroatoms. The van der Waals surface area contributed by atoms with Crippen molar-refractivity contribution in [1.29, 1.82) is 0 Å². The number of imidazole rings is 1. The number of fused-ring (bicyclic) bond motifs is 2. The van der Waals surface area contributed by atoms with Crippen molar-refractivity contribution < 1.29 is 4.79 Å². The molecule has 0 atom stereocenters. The van der Waals surface area contributed by atoms with Gasteiger partial charge in [0.15, 0.2) is 21.5 Å². The van der Waals surface area contributed by atoms with E-state index in [4.69, 9.17) is 0 Å². The monoisotopic (exact) mass is 416 g/mol. The van der Waals surface area contributed by atoms with E-state index in [0.717, 1.165) is 14.8 Å². The van der Waals surface area contributed by atoms with Gasteiger partial charge in [-0.25, -0.2) is 14.8 Å². The Labute approximate surface area is 166 Å². The number of anilines is 1. The van der Waals surface area contributed by atoms with E-state index in [-0.39, 0.29) is 17.2 Å². The number of benzene rings is 1. The van der Waals surface area contributed by atoms with Crippen molar-refractivity contribution in [1.82, 2.24) is 23.7 Å². The predicted octanol–water partition coefficient (Wildman–Crippen LogP) is 1.31. The van der Waals surface area contributed by atoms with Crippen LogP contribution in [-0.2, 0) is 25.9 Å². The topological polar surface area (TPSA) is 104 Å². The highest BCUT2D eigenvalue weighted by molar-refractivity contribution is 7.99. The normalized spacial score (nSPS) is 11.4. The number of hydrogen-bond donors (Lipinski definition) is 1. The van der Waals surface area contributed by atoms with Crippen LogP contribution in [0.25, 0.3) is 21.4 Å². The van der Waals surface area contributed by atoms with E-state index in [9.17, 15) is 14.4 Å². The Balaban J connectivity index is 1.55. The van der Waals surface area contributed by atoms with Crippen LogP contribution in [0.5, 0.6) is 0 Å². The first kappa shape index (κ1) is 18.4. The van der Waals surface area contributed by atoms with E-state index < -0.39 is 11.2 Å². The van der Waals surface area contributed by atoms with Gasteiger partial charge in [0.25, 0.3) is 5.56 Å². The average molecular weight is 416 g/mol. The summed E-state index contributed by atoms with van der Waals surface area (Å²) in [5, 5.41) is 3.80. The van der Waals surface area contributed by atoms with E-state index >= 15 is 0 Å². The summed E-state index contributed by atoms with van der Waals surface area (Å²) in [6.45, 7) is 0. The number of thioether (sulfide) groups is 1. The number of thiazole rings is 1. The number of aryl methyl sites for hydroxylation is 2. The molecule has 3 aromatic heterocycles. The molecule has 0 saturated heterocycles. The maximum absolute atomic E-state index is 12.3. The van der Waals surface area contributed by atoms with E-state index in [1.165, 1.54) is 34.7 Å². The molecule has 9 nitrogen and oxygen atoms in total. The Morgan fingerprint density at radius 3 is 2.61 bits per heavy atom. The van der Waals surface area contributed by atoms with Crippen LogP contribution in [0.2, 0.25) is 0 Å². The summed E-state index contributed by atoms with van der Waals surface area (Å²) in [6.07, 6.45) is 0. The number of aromatic nitrogens is 5. The first-order valence-electron chi connectivity index (χ1n) is 8.27. The van der Waals surface area contributed by atoms with Gasteiger partial charge < -0.3 is 9.88 Å². The van der Waals surface area contributed by atoms with Gasteiger partial charge in [0.05, 0.1) is 16.0 Å². The number of nitrogens with one attached hydrogen (secondary N) is 1. The minimum atomic E-state index is -0.459. The van der Waals surface area contributed by atoms with Gasteiger partial charge in [-0.3, -0.25) is 18.7 Å². The summed E-state index contributed by atoms with van der Waals surface area (Å²) in [5.74, 6) is -0.126. The molecule has 0 aliphatic carbocycles. The summed E-state index contributed by atoms with van der Waals surface area (Å²) in [5.41, 5.74) is 0.566. The van der Waals surface area contributed by atoms with Crippen LogP contribution in [0.3, 0.4) is 0 Å². The van der Waals surface area contributed by atoms with Crippen molar-refractivity contribution in [3.05, 3.63) is 45.1 Å². The molecule has 28 heavy (non-hydrogen) atoms. The fourth-order valence-electron chi connectivity index (χ4n) is 2.90. The maximum Gasteiger partial charge on any atom is 0.332 e. The minimum Gasteiger partial charge on any atom is -0.308 e. The summed E-state index contributed by atoms with van der Waals surface area (Å²) < 4.78 is 5.03. The van der Waals surface area contributed by atoms with Crippen LogP contribution < -0.4 is 16.6 Å². The van der Waals surface area contributed by atoms with E-state index in [1.54, 1.807) is 18.7 Å². The molecule has 0 radical (unpaired) electrons. The number of carbonyl (C=O) groups is 1. The number of carbonyl (C=O) groups excluding carboxylic acids is 1. The molecule has 4 aromatic rings. The van der Waals surface area contributed by atoms with E-state index in [1.807, 2.05) is 24.3 Å². The van der Waals surface area contributed by atoms with Crippen LogP contribution in [0.1, 0.15) is 0 Å². The van der Waals surface area contributed by atoms with Crippen molar-refractivity contribution >= 4 is 55.5 Å². The second-order valence-corrected chi connectivity index (χ2v) is 8.13. The van der Waals surface area contributed by atoms with Crippen LogP contribution in [0.15, 0.2) is 39.0 Å². The van der Waals surface area contributed by atoms with Crippen LogP contribution in [0.4, 0.5) is 5.13 Å². The fraction of sp³-hybridized carbons (Fsp3) is 0.235. The van der Waals surface area contributed by atoms with Crippen molar-refractivity contribution in [2.45, 2.75) is 5.16 Å². The lowest BCUT2D eigenvalue weighted by molar-refractivity contribution is -0.113. The smallest absolute Gasteiger partial charge is 0.308 e. The highest BCUT2D eigenvalue weighted by Gasteiger charge is 2.18. The third-order valence-electron chi connectivity index (χ3n) is 4.30. The van der Waals surface area contributed by atoms with Crippen molar-refractivity contribution in [3.8, 4) is 0 Å². The molecule has 0 saturated carbocycles. The fourth-order valence-corrected chi connectivity index (χ4v) is 4.55. The number of para-hydroxylation sites is 1. The summed E-state index contributed by atoms with van der Waals surface area (Å²) in [7, 11) is 4.71. The van der Waals surface area contributed by atoms with Gasteiger partial charge in [-0.15, -0.1) is 0 Å². The number of amides is 1. The molecule has 1 amide bonds. The largest absolute Gasteiger partial charge is 0.332 e. The van der Waals surface area contributed by atoms with Crippen molar-refractivity contribution in [2.24, 2.45) is 21.1 Å². The van der Waals surface area contributed by atoms with Gasteiger partial charge in [0.1, 0.15) is 0 Å². The Hall–Kier alpha value is -2.92. The lowest BCUT2D eigenvalue weighted by Gasteiger charge is -2.06. The second-order valence-electron chi connectivity index (χ2n) is 6.15. The molecule has 0 aliphatic rings. The van der Waals surface area contributed by atoms with Gasteiger partial charge in [-0.05, 0) is 12.1 Å². The standard InChI is InChI=1S/C17H16N6O3S2/c1-21-13-12(14(25)23(3)17(26)22(13)2)20-16(21)27-8-11(24)19-15-18-9-6-4-5-7-10(9)28-15/h4-7H,8H2,1-3H3,(H,18,19,24). The number of rotatable bonds is 4. The van der Waals surface area contributed by atoms with Crippen LogP contribution in [0, 0.1) is 0 Å². The molecule has 1 aromatic carbocycles. The van der Waals surface area contributed by atoms with E-state index in [2.05, 4.69) is 15.3 Å². The molecule has 0 unspecified atom stereocenters. The average Bonchev–Trinajstić information content (AvgIpc) is 3.23. The molecule has 0 fully saturated rings. The Bertz CT molecular complexity index is 1310. The summed E-state index contributed by atoms with van der Waals surface area (Å²) in [6, 6.07) is 7.65.